The molecule has 7 heteroatoms. The van der Waals surface area contributed by atoms with Crippen molar-refractivity contribution in [2.45, 2.75) is 31.8 Å². The summed E-state index contributed by atoms with van der Waals surface area (Å²) in [7, 11) is 0. The second-order valence-electron chi connectivity index (χ2n) is 5.89. The Labute approximate surface area is 145 Å². The van der Waals surface area contributed by atoms with Gasteiger partial charge < -0.3 is 15.5 Å². The number of hydrogen-bond acceptors (Lipinski definition) is 6. The number of H-pyrrole nitrogens is 1. The van der Waals surface area contributed by atoms with Gasteiger partial charge in [-0.2, -0.15) is 0 Å². The number of aromatic amines is 1. The molecule has 3 N–H and O–H groups in total. The van der Waals surface area contributed by atoms with Crippen LogP contribution < -0.4 is 10.5 Å². The lowest BCUT2D eigenvalue weighted by Gasteiger charge is -2.14. The summed E-state index contributed by atoms with van der Waals surface area (Å²) in [5.74, 6) is 2.59. The summed E-state index contributed by atoms with van der Waals surface area (Å²) < 4.78 is 5.98. The Kier molecular flexibility index (Phi) is 4.89. The number of anilines is 1. The molecule has 3 rings (SSSR count). The van der Waals surface area contributed by atoms with Gasteiger partial charge in [0.1, 0.15) is 17.6 Å². The van der Waals surface area contributed by atoms with Crippen LogP contribution in [0.15, 0.2) is 29.7 Å². The van der Waals surface area contributed by atoms with Crippen LogP contribution in [0.5, 0.6) is 5.75 Å². The van der Waals surface area contributed by atoms with Gasteiger partial charge in [-0.25, -0.2) is 15.0 Å². The highest BCUT2D eigenvalue weighted by molar-refractivity contribution is 7.99. The number of aromatic nitrogens is 4. The number of rotatable bonds is 6. The van der Waals surface area contributed by atoms with Crippen LogP contribution in [0.4, 0.5) is 5.82 Å². The number of nitrogen functional groups attached to an aromatic ring is 1. The maximum Gasteiger partial charge on any atom is 0.183 e. The summed E-state index contributed by atoms with van der Waals surface area (Å²) in [6, 6.07) is 6.36. The van der Waals surface area contributed by atoms with E-state index < -0.39 is 0 Å². The molecular weight excluding hydrogens is 322 g/mol. The molecule has 2 aromatic heterocycles. The molecule has 0 radical (unpaired) electrons. The number of imidazole rings is 1. The Morgan fingerprint density at radius 3 is 2.88 bits per heavy atom. The molecule has 0 aliphatic heterocycles. The first-order chi connectivity index (χ1) is 11.5. The zero-order valence-corrected chi connectivity index (χ0v) is 14.9. The standard InChI is InChI=1S/C17H21N5OS/c1-10(2)12-5-4-11(3)8-13(12)23-6-7-24-17-21-14-15(18)19-9-20-16(14)22-17/h4-5,8-10H,6-7H2,1-3H3,(H3,18,19,20,21,22). The first kappa shape index (κ1) is 16.6. The van der Waals surface area contributed by atoms with Crippen LogP contribution in [-0.4, -0.2) is 32.3 Å². The van der Waals surface area contributed by atoms with E-state index in [1.807, 2.05) is 0 Å². The van der Waals surface area contributed by atoms with Crippen molar-refractivity contribution in [2.75, 3.05) is 18.1 Å². The fourth-order valence-corrected chi connectivity index (χ4v) is 3.11. The van der Waals surface area contributed by atoms with Crippen molar-refractivity contribution in [3.63, 3.8) is 0 Å². The molecule has 0 amide bonds. The number of thioether (sulfide) groups is 1. The molecule has 0 atom stereocenters. The van der Waals surface area contributed by atoms with Crippen molar-refractivity contribution in [3.8, 4) is 5.75 Å². The normalized spacial score (nSPS) is 11.3. The maximum atomic E-state index is 5.98. The smallest absolute Gasteiger partial charge is 0.183 e. The molecule has 0 bridgehead atoms. The summed E-state index contributed by atoms with van der Waals surface area (Å²) in [6.45, 7) is 7.02. The fraction of sp³-hybridized carbons (Fsp3) is 0.353. The van der Waals surface area contributed by atoms with E-state index in [0.29, 0.717) is 29.5 Å². The molecule has 1 aromatic carbocycles. The van der Waals surface area contributed by atoms with Crippen LogP contribution in [0, 0.1) is 6.92 Å². The minimum Gasteiger partial charge on any atom is -0.492 e. The maximum absolute atomic E-state index is 5.98. The minimum absolute atomic E-state index is 0.414. The van der Waals surface area contributed by atoms with Crippen molar-refractivity contribution in [1.29, 1.82) is 0 Å². The van der Waals surface area contributed by atoms with Gasteiger partial charge in [0, 0.05) is 5.75 Å². The highest BCUT2D eigenvalue weighted by atomic mass is 32.2. The van der Waals surface area contributed by atoms with Crippen molar-refractivity contribution in [3.05, 3.63) is 35.7 Å². The van der Waals surface area contributed by atoms with E-state index in [1.165, 1.54) is 17.5 Å². The van der Waals surface area contributed by atoms with Crippen LogP contribution in [0.2, 0.25) is 0 Å². The molecule has 0 aliphatic rings. The lowest BCUT2D eigenvalue weighted by Crippen LogP contribution is -2.04. The topological polar surface area (TPSA) is 89.7 Å². The minimum atomic E-state index is 0.414. The molecule has 3 aromatic rings. The van der Waals surface area contributed by atoms with Crippen LogP contribution in [-0.2, 0) is 0 Å². The van der Waals surface area contributed by atoms with Crippen LogP contribution in [0.1, 0.15) is 30.9 Å². The predicted molar refractivity (Wildman–Crippen MR) is 97.6 cm³/mol. The van der Waals surface area contributed by atoms with E-state index in [9.17, 15) is 0 Å². The third-order valence-corrected chi connectivity index (χ3v) is 4.50. The average molecular weight is 343 g/mol. The highest BCUT2D eigenvalue weighted by Crippen LogP contribution is 2.28. The Morgan fingerprint density at radius 2 is 2.12 bits per heavy atom. The molecule has 0 unspecified atom stereocenters. The number of nitrogens with one attached hydrogen (secondary N) is 1. The number of aryl methyl sites for hydroxylation is 1. The van der Waals surface area contributed by atoms with Gasteiger partial charge in [0.05, 0.1) is 6.61 Å². The van der Waals surface area contributed by atoms with Gasteiger partial charge in [-0.1, -0.05) is 37.7 Å². The van der Waals surface area contributed by atoms with Crippen LogP contribution in [0.25, 0.3) is 11.2 Å². The zero-order chi connectivity index (χ0) is 17.1. The summed E-state index contributed by atoms with van der Waals surface area (Å²) in [4.78, 5) is 15.6. The number of ether oxygens (including phenoxy) is 1. The number of benzene rings is 1. The molecule has 126 valence electrons. The Morgan fingerprint density at radius 1 is 1.29 bits per heavy atom. The summed E-state index contributed by atoms with van der Waals surface area (Å²) >= 11 is 1.58. The average Bonchev–Trinajstić information content (AvgIpc) is 2.96. The van der Waals surface area contributed by atoms with E-state index >= 15 is 0 Å². The highest BCUT2D eigenvalue weighted by Gasteiger charge is 2.10. The zero-order valence-electron chi connectivity index (χ0n) is 14.0. The van der Waals surface area contributed by atoms with Crippen LogP contribution in [0.3, 0.4) is 0 Å². The molecule has 6 nitrogen and oxygen atoms in total. The van der Waals surface area contributed by atoms with Crippen molar-refractivity contribution in [1.82, 2.24) is 19.9 Å². The monoisotopic (exact) mass is 343 g/mol. The summed E-state index contributed by atoms with van der Waals surface area (Å²) in [6.07, 6.45) is 1.42. The van der Waals surface area contributed by atoms with E-state index in [-0.39, 0.29) is 0 Å². The number of hydrogen-bond donors (Lipinski definition) is 2. The first-order valence-corrected chi connectivity index (χ1v) is 8.85. The Hall–Kier alpha value is -2.28. The SMILES string of the molecule is Cc1ccc(C(C)C)c(OCCSc2nc3ncnc(N)c3[nH]2)c1. The van der Waals surface area contributed by atoms with Crippen molar-refractivity contribution in [2.24, 2.45) is 0 Å². The van der Waals surface area contributed by atoms with E-state index in [0.717, 1.165) is 16.7 Å². The van der Waals surface area contributed by atoms with E-state index in [1.54, 1.807) is 11.8 Å². The summed E-state index contributed by atoms with van der Waals surface area (Å²) in [5.41, 5.74) is 9.51. The van der Waals surface area contributed by atoms with Crippen molar-refractivity contribution >= 4 is 28.7 Å². The molecule has 0 fully saturated rings. The Bertz CT molecular complexity index is 846. The number of nitrogens with two attached hydrogens (primary N) is 1. The molecule has 0 saturated carbocycles. The van der Waals surface area contributed by atoms with Gasteiger partial charge in [0.15, 0.2) is 16.6 Å². The lowest BCUT2D eigenvalue weighted by atomic mass is 10.0. The molecule has 24 heavy (non-hydrogen) atoms. The first-order valence-electron chi connectivity index (χ1n) is 7.87. The molecular formula is C17H21N5OS. The number of fused-ring (bicyclic) bond motifs is 1. The van der Waals surface area contributed by atoms with Gasteiger partial charge >= 0.3 is 0 Å². The quantitative estimate of drug-likeness (QED) is 0.525. The van der Waals surface area contributed by atoms with E-state index in [4.69, 9.17) is 10.5 Å². The molecule has 2 heterocycles. The molecule has 0 saturated heterocycles. The van der Waals surface area contributed by atoms with Gasteiger partial charge in [-0.05, 0) is 30.0 Å². The lowest BCUT2D eigenvalue weighted by molar-refractivity contribution is 0.338. The van der Waals surface area contributed by atoms with Gasteiger partial charge in [-0.15, -0.1) is 0 Å². The summed E-state index contributed by atoms with van der Waals surface area (Å²) in [5, 5.41) is 0.772. The largest absolute Gasteiger partial charge is 0.492 e. The van der Waals surface area contributed by atoms with Gasteiger partial charge in [-0.3, -0.25) is 0 Å². The van der Waals surface area contributed by atoms with Gasteiger partial charge in [0.25, 0.3) is 0 Å². The van der Waals surface area contributed by atoms with E-state index in [2.05, 4.69) is 58.9 Å². The fourth-order valence-electron chi connectivity index (χ4n) is 2.43. The Balaban J connectivity index is 1.61. The second kappa shape index (κ2) is 7.09. The van der Waals surface area contributed by atoms with Crippen molar-refractivity contribution < 1.29 is 4.74 Å². The molecule has 0 aliphatic carbocycles. The third kappa shape index (κ3) is 3.62. The number of nitrogens with zero attached hydrogens (tertiary/aromatic N) is 3. The van der Waals surface area contributed by atoms with Crippen LogP contribution >= 0.6 is 11.8 Å². The second-order valence-corrected chi connectivity index (χ2v) is 6.98. The third-order valence-electron chi connectivity index (χ3n) is 3.67. The predicted octanol–water partition coefficient (Wildman–Crippen LogP) is 3.54. The van der Waals surface area contributed by atoms with Gasteiger partial charge in [0.2, 0.25) is 0 Å². The molecule has 0 spiro atoms.